The maximum absolute atomic E-state index is 13.6. The molecule has 3 rings (SSSR count). The van der Waals surface area contributed by atoms with Gasteiger partial charge in [0.1, 0.15) is 0 Å². The molecule has 1 aromatic heterocycles. The zero-order chi connectivity index (χ0) is 21.6. The van der Waals surface area contributed by atoms with Crippen LogP contribution in [-0.4, -0.2) is 68.9 Å². The molecule has 0 saturated carbocycles. The van der Waals surface area contributed by atoms with Crippen molar-refractivity contribution in [2.45, 2.75) is 12.1 Å². The summed E-state index contributed by atoms with van der Waals surface area (Å²) in [5.74, 6) is -6.74. The summed E-state index contributed by atoms with van der Waals surface area (Å²) in [4.78, 5) is 17.7. The Morgan fingerprint density at radius 2 is 1.76 bits per heavy atom. The van der Waals surface area contributed by atoms with Crippen LogP contribution in [0.1, 0.15) is 4.88 Å². The number of thiophene rings is 1. The predicted molar refractivity (Wildman–Crippen MR) is 95.5 cm³/mol. The number of hydrogen-bond acceptors (Lipinski definition) is 7. The molecule has 0 radical (unpaired) electrons. The SMILES string of the molecule is CS(=O)(=O)N1CCN(c2ccc(/C=C3\C(=O)ON=C3C(F)(F)C(F)(F)F)s2)CC1. The van der Waals surface area contributed by atoms with Crippen molar-refractivity contribution in [3.8, 4) is 0 Å². The van der Waals surface area contributed by atoms with Crippen molar-refractivity contribution >= 4 is 44.1 Å². The van der Waals surface area contributed by atoms with Crippen LogP contribution >= 0.6 is 11.3 Å². The molecule has 7 nitrogen and oxygen atoms in total. The predicted octanol–water partition coefficient (Wildman–Crippen LogP) is 2.32. The van der Waals surface area contributed by atoms with Crippen molar-refractivity contribution in [2.75, 3.05) is 37.3 Å². The standard InChI is InChI=1S/C15H14F5N3O4S2/c1-29(25,26)23-6-4-22(5-7-23)11-3-2-9(28-11)8-10-12(21-27-13(10)24)14(16,17)15(18,19)20/h2-3,8H,4-7H2,1H3/b10-8-. The van der Waals surface area contributed by atoms with E-state index in [4.69, 9.17) is 0 Å². The molecule has 160 valence electrons. The molecule has 2 aliphatic heterocycles. The van der Waals surface area contributed by atoms with Crippen LogP contribution in [0.4, 0.5) is 27.0 Å². The molecule has 3 heterocycles. The number of carbonyl (C=O) groups excluding carboxylic acids is 1. The Balaban J connectivity index is 1.79. The van der Waals surface area contributed by atoms with Gasteiger partial charge >= 0.3 is 18.1 Å². The Kier molecular flexibility index (Phi) is 5.47. The van der Waals surface area contributed by atoms with E-state index in [-0.39, 0.29) is 18.0 Å². The van der Waals surface area contributed by atoms with E-state index in [0.29, 0.717) is 18.1 Å². The minimum atomic E-state index is -5.93. The highest BCUT2D eigenvalue weighted by molar-refractivity contribution is 7.88. The minimum absolute atomic E-state index is 0.241. The largest absolute Gasteiger partial charge is 0.459 e. The van der Waals surface area contributed by atoms with Gasteiger partial charge in [-0.25, -0.2) is 13.2 Å². The molecule has 0 atom stereocenters. The highest BCUT2D eigenvalue weighted by Crippen LogP contribution is 2.41. The fraction of sp³-hybridized carbons (Fsp3) is 0.467. The molecular formula is C15H14F5N3O4S2. The first-order valence-corrected chi connectivity index (χ1v) is 10.7. The Hall–Kier alpha value is -2.06. The van der Waals surface area contributed by atoms with Gasteiger partial charge in [-0.15, -0.1) is 11.3 Å². The van der Waals surface area contributed by atoms with Crippen LogP contribution in [0.3, 0.4) is 0 Å². The third-order valence-electron chi connectivity index (χ3n) is 4.27. The van der Waals surface area contributed by atoms with Gasteiger partial charge in [-0.1, -0.05) is 5.16 Å². The van der Waals surface area contributed by atoms with Crippen molar-refractivity contribution in [3.63, 3.8) is 0 Å². The lowest BCUT2D eigenvalue weighted by Gasteiger charge is -2.33. The van der Waals surface area contributed by atoms with E-state index in [1.165, 1.54) is 10.4 Å². The van der Waals surface area contributed by atoms with Gasteiger partial charge in [-0.3, -0.25) is 0 Å². The van der Waals surface area contributed by atoms with Crippen molar-refractivity contribution < 1.29 is 40.0 Å². The Bertz CT molecular complexity index is 976. The van der Waals surface area contributed by atoms with Gasteiger partial charge in [0, 0.05) is 31.1 Å². The van der Waals surface area contributed by atoms with Crippen LogP contribution in [0.15, 0.2) is 22.9 Å². The molecule has 0 spiro atoms. The number of sulfonamides is 1. The molecule has 14 heteroatoms. The van der Waals surface area contributed by atoms with Crippen molar-refractivity contribution in [1.29, 1.82) is 0 Å². The molecule has 0 bridgehead atoms. The molecular weight excluding hydrogens is 445 g/mol. The fourth-order valence-electron chi connectivity index (χ4n) is 2.74. The molecule has 0 unspecified atom stereocenters. The number of nitrogens with zero attached hydrogens (tertiary/aromatic N) is 3. The van der Waals surface area contributed by atoms with Crippen molar-refractivity contribution in [3.05, 3.63) is 22.6 Å². The topological polar surface area (TPSA) is 79.3 Å². The Morgan fingerprint density at radius 3 is 2.31 bits per heavy atom. The number of alkyl halides is 5. The second-order valence-electron chi connectivity index (χ2n) is 6.27. The number of anilines is 1. The summed E-state index contributed by atoms with van der Waals surface area (Å²) in [5, 5.41) is 3.27. The van der Waals surface area contributed by atoms with Gasteiger partial charge in [-0.05, 0) is 18.2 Å². The lowest BCUT2D eigenvalue weighted by Crippen LogP contribution is -2.48. The van der Waals surface area contributed by atoms with Crippen LogP contribution < -0.4 is 4.90 Å². The first-order chi connectivity index (χ1) is 13.3. The van der Waals surface area contributed by atoms with E-state index in [1.807, 2.05) is 4.90 Å². The van der Waals surface area contributed by atoms with Crippen LogP contribution in [0.5, 0.6) is 0 Å². The monoisotopic (exact) mass is 459 g/mol. The molecule has 0 aliphatic carbocycles. The number of oxime groups is 1. The van der Waals surface area contributed by atoms with E-state index in [1.54, 1.807) is 6.07 Å². The third-order valence-corrected chi connectivity index (χ3v) is 6.66. The smallest absolute Gasteiger partial charge is 0.361 e. The normalized spacial score (nSPS) is 20.9. The first kappa shape index (κ1) is 21.6. The fourth-order valence-corrected chi connectivity index (χ4v) is 4.57. The van der Waals surface area contributed by atoms with Crippen molar-refractivity contribution in [2.24, 2.45) is 5.16 Å². The number of rotatable bonds is 4. The molecule has 0 N–H and O–H groups in total. The quantitative estimate of drug-likeness (QED) is 0.392. The van der Waals surface area contributed by atoms with Crippen LogP contribution in [0.2, 0.25) is 0 Å². The summed E-state index contributed by atoms with van der Waals surface area (Å²) in [6, 6.07) is 3.05. The highest BCUT2D eigenvalue weighted by atomic mass is 32.2. The Labute approximate surface area is 166 Å². The summed E-state index contributed by atoms with van der Waals surface area (Å²) in [7, 11) is -3.31. The van der Waals surface area contributed by atoms with Crippen molar-refractivity contribution in [1.82, 2.24) is 4.31 Å². The maximum Gasteiger partial charge on any atom is 0.459 e. The molecule has 1 fully saturated rings. The zero-order valence-electron chi connectivity index (χ0n) is 14.7. The minimum Gasteiger partial charge on any atom is -0.361 e. The second-order valence-corrected chi connectivity index (χ2v) is 9.35. The van der Waals surface area contributed by atoms with Gasteiger partial charge in [0.05, 0.1) is 16.8 Å². The summed E-state index contributed by atoms with van der Waals surface area (Å²) in [6.07, 6.45) is -3.96. The van der Waals surface area contributed by atoms with Crippen LogP contribution in [-0.2, 0) is 19.7 Å². The third kappa shape index (κ3) is 4.28. The zero-order valence-corrected chi connectivity index (χ0v) is 16.4. The molecule has 1 saturated heterocycles. The molecule has 0 amide bonds. The Morgan fingerprint density at radius 1 is 1.14 bits per heavy atom. The van der Waals surface area contributed by atoms with Crippen LogP contribution in [0.25, 0.3) is 6.08 Å². The molecule has 2 aliphatic rings. The lowest BCUT2D eigenvalue weighted by molar-refractivity contribution is -0.249. The van der Waals surface area contributed by atoms with E-state index < -0.39 is 39.4 Å². The van der Waals surface area contributed by atoms with Gasteiger partial charge in [0.25, 0.3) is 0 Å². The molecule has 29 heavy (non-hydrogen) atoms. The number of halogens is 5. The van der Waals surface area contributed by atoms with Gasteiger partial charge in [-0.2, -0.15) is 26.3 Å². The van der Waals surface area contributed by atoms with Gasteiger partial charge in [0.2, 0.25) is 10.0 Å². The van der Waals surface area contributed by atoms with Crippen LogP contribution in [0, 0.1) is 0 Å². The summed E-state index contributed by atoms with van der Waals surface area (Å²) in [5.41, 5.74) is -2.76. The molecule has 1 aromatic rings. The van der Waals surface area contributed by atoms with E-state index in [9.17, 15) is 35.2 Å². The van der Waals surface area contributed by atoms with Gasteiger partial charge < -0.3 is 9.74 Å². The first-order valence-electron chi connectivity index (χ1n) is 8.07. The summed E-state index contributed by atoms with van der Waals surface area (Å²) in [6.45, 7) is 1.27. The lowest BCUT2D eigenvalue weighted by atomic mass is 10.0. The van der Waals surface area contributed by atoms with E-state index in [2.05, 4.69) is 9.99 Å². The number of carbonyl (C=O) groups is 1. The average Bonchev–Trinajstić information content (AvgIpc) is 3.21. The van der Waals surface area contributed by atoms with Gasteiger partial charge in [0.15, 0.2) is 5.71 Å². The molecule has 0 aromatic carbocycles. The highest BCUT2D eigenvalue weighted by Gasteiger charge is 2.64. The average molecular weight is 459 g/mol. The number of hydrogen-bond donors (Lipinski definition) is 0. The van der Waals surface area contributed by atoms with E-state index >= 15 is 0 Å². The number of piperazine rings is 1. The summed E-state index contributed by atoms with van der Waals surface area (Å²) >= 11 is 1.05. The summed E-state index contributed by atoms with van der Waals surface area (Å²) < 4.78 is 89.4. The second kappa shape index (κ2) is 7.32. The maximum atomic E-state index is 13.6. The van der Waals surface area contributed by atoms with E-state index in [0.717, 1.165) is 23.7 Å².